The van der Waals surface area contributed by atoms with Crippen molar-refractivity contribution < 1.29 is 9.13 Å². The summed E-state index contributed by atoms with van der Waals surface area (Å²) in [4.78, 5) is 0. The van der Waals surface area contributed by atoms with E-state index in [-0.39, 0.29) is 11.6 Å². The fourth-order valence-electron chi connectivity index (χ4n) is 1.52. The van der Waals surface area contributed by atoms with Gasteiger partial charge in [-0.15, -0.1) is 0 Å². The number of anilines is 1. The first kappa shape index (κ1) is 14.4. The van der Waals surface area contributed by atoms with E-state index >= 15 is 0 Å². The molecular weight excluding hydrogens is 356 g/mol. The van der Waals surface area contributed by atoms with E-state index in [2.05, 4.69) is 15.9 Å². The highest BCUT2D eigenvalue weighted by molar-refractivity contribution is 9.10. The van der Waals surface area contributed by atoms with Crippen LogP contribution in [0.5, 0.6) is 5.75 Å². The summed E-state index contributed by atoms with van der Waals surface area (Å²) >= 11 is 14.8. The van der Waals surface area contributed by atoms with E-state index < -0.39 is 5.82 Å². The number of benzene rings is 2. The van der Waals surface area contributed by atoms with Gasteiger partial charge >= 0.3 is 0 Å². The Hall–Kier alpha value is -0.970. The maximum Gasteiger partial charge on any atom is 0.156 e. The Kier molecular flexibility index (Phi) is 4.55. The van der Waals surface area contributed by atoms with Crippen molar-refractivity contribution >= 4 is 44.8 Å². The third-order valence-electron chi connectivity index (χ3n) is 2.40. The molecule has 0 aliphatic rings. The predicted molar refractivity (Wildman–Crippen MR) is 79.3 cm³/mol. The Morgan fingerprint density at radius 1 is 1.21 bits per heavy atom. The van der Waals surface area contributed by atoms with E-state index in [1.54, 1.807) is 18.2 Å². The number of nitrogens with two attached hydrogens (primary N) is 1. The van der Waals surface area contributed by atoms with E-state index in [9.17, 15) is 4.39 Å². The van der Waals surface area contributed by atoms with Gasteiger partial charge in [0.05, 0.1) is 15.2 Å². The molecule has 0 unspecified atom stereocenters. The van der Waals surface area contributed by atoms with Crippen LogP contribution >= 0.6 is 39.1 Å². The second-order valence-corrected chi connectivity index (χ2v) is 5.54. The van der Waals surface area contributed by atoms with Crippen LogP contribution in [0.4, 0.5) is 10.1 Å². The van der Waals surface area contributed by atoms with Gasteiger partial charge in [0, 0.05) is 5.02 Å². The number of ether oxygens (including phenoxy) is 1. The Bertz CT molecular complexity index is 599. The number of hydrogen-bond donors (Lipinski definition) is 1. The minimum atomic E-state index is -0.481. The third-order valence-corrected chi connectivity index (χ3v) is 3.52. The van der Waals surface area contributed by atoms with Crippen molar-refractivity contribution in [2.75, 3.05) is 5.73 Å². The van der Waals surface area contributed by atoms with Gasteiger partial charge in [0.25, 0.3) is 0 Å². The molecule has 0 aromatic heterocycles. The van der Waals surface area contributed by atoms with Crippen LogP contribution in [0, 0.1) is 5.82 Å². The van der Waals surface area contributed by atoms with Gasteiger partial charge in [-0.05, 0) is 45.8 Å². The molecule has 0 aliphatic carbocycles. The average molecular weight is 365 g/mol. The topological polar surface area (TPSA) is 35.2 Å². The normalized spacial score (nSPS) is 10.5. The quantitative estimate of drug-likeness (QED) is 0.773. The number of nitrogen functional groups attached to an aromatic ring is 1. The largest absolute Gasteiger partial charge is 0.486 e. The Balaban J connectivity index is 2.16. The third kappa shape index (κ3) is 3.53. The van der Waals surface area contributed by atoms with Crippen molar-refractivity contribution in [3.63, 3.8) is 0 Å². The Morgan fingerprint density at radius 2 is 1.95 bits per heavy atom. The molecular formula is C13H9BrCl2FNO. The lowest BCUT2D eigenvalue weighted by Crippen LogP contribution is -2.00. The summed E-state index contributed by atoms with van der Waals surface area (Å²) in [5, 5.41) is 0.588. The minimum Gasteiger partial charge on any atom is -0.486 e. The molecule has 0 atom stereocenters. The molecule has 2 aromatic rings. The molecule has 2 rings (SSSR count). The van der Waals surface area contributed by atoms with E-state index in [0.717, 1.165) is 0 Å². The molecule has 0 heterocycles. The van der Waals surface area contributed by atoms with Gasteiger partial charge in [-0.2, -0.15) is 0 Å². The molecule has 0 saturated carbocycles. The van der Waals surface area contributed by atoms with Crippen LogP contribution in [0.25, 0.3) is 0 Å². The van der Waals surface area contributed by atoms with Gasteiger partial charge in [0.15, 0.2) is 5.75 Å². The molecule has 0 aliphatic heterocycles. The predicted octanol–water partition coefficient (Wildman–Crippen LogP) is 5.06. The summed E-state index contributed by atoms with van der Waals surface area (Å²) in [5.74, 6) is -0.00864. The lowest BCUT2D eigenvalue weighted by Gasteiger charge is -2.11. The Labute approximate surface area is 128 Å². The molecule has 19 heavy (non-hydrogen) atoms. The number of hydrogen-bond acceptors (Lipinski definition) is 2. The molecule has 0 amide bonds. The first-order valence-corrected chi connectivity index (χ1v) is 6.83. The van der Waals surface area contributed by atoms with Crippen molar-refractivity contribution in [3.05, 3.63) is 56.2 Å². The molecule has 0 saturated heterocycles. The molecule has 2 aromatic carbocycles. The van der Waals surface area contributed by atoms with Gasteiger partial charge in [0.2, 0.25) is 0 Å². The van der Waals surface area contributed by atoms with Gasteiger partial charge in [-0.3, -0.25) is 0 Å². The van der Waals surface area contributed by atoms with E-state index in [0.29, 0.717) is 26.5 Å². The highest BCUT2D eigenvalue weighted by Crippen LogP contribution is 2.35. The fraction of sp³-hybridized carbons (Fsp3) is 0.0769. The van der Waals surface area contributed by atoms with Gasteiger partial charge in [0.1, 0.15) is 12.4 Å². The smallest absolute Gasteiger partial charge is 0.156 e. The summed E-state index contributed by atoms with van der Waals surface area (Å²) in [6, 6.07) is 7.75. The van der Waals surface area contributed by atoms with E-state index in [4.69, 9.17) is 33.7 Å². The molecule has 0 spiro atoms. The van der Waals surface area contributed by atoms with Crippen LogP contribution in [-0.4, -0.2) is 0 Å². The second kappa shape index (κ2) is 5.99. The van der Waals surface area contributed by atoms with Crippen LogP contribution in [0.3, 0.4) is 0 Å². The van der Waals surface area contributed by atoms with Gasteiger partial charge in [-0.25, -0.2) is 4.39 Å². The van der Waals surface area contributed by atoms with Crippen LogP contribution in [0.15, 0.2) is 34.8 Å². The standard InChI is InChI=1S/C13H9BrCl2FNO/c14-9-4-8(15)5-12(18)13(9)19-6-7-1-2-10(16)11(17)3-7/h1-5H,6,18H2. The minimum absolute atomic E-state index is 0.0796. The van der Waals surface area contributed by atoms with Gasteiger partial charge < -0.3 is 10.5 Å². The average Bonchev–Trinajstić information content (AvgIpc) is 2.32. The summed E-state index contributed by atoms with van der Waals surface area (Å²) in [5.41, 5.74) is 6.87. The van der Waals surface area contributed by atoms with Crippen molar-refractivity contribution in [1.29, 1.82) is 0 Å². The lowest BCUT2D eigenvalue weighted by atomic mass is 10.2. The maximum absolute atomic E-state index is 13.3. The summed E-state index contributed by atoms with van der Waals surface area (Å²) in [7, 11) is 0. The van der Waals surface area contributed by atoms with Gasteiger partial charge in [-0.1, -0.05) is 29.3 Å². The zero-order valence-corrected chi connectivity index (χ0v) is 12.7. The van der Waals surface area contributed by atoms with Crippen LogP contribution in [0.1, 0.15) is 5.56 Å². The molecule has 100 valence electrons. The first-order chi connectivity index (χ1) is 8.97. The van der Waals surface area contributed by atoms with E-state index in [1.165, 1.54) is 12.1 Å². The zero-order chi connectivity index (χ0) is 14.0. The SMILES string of the molecule is Nc1cc(Cl)cc(Br)c1OCc1ccc(Cl)c(F)c1. The Morgan fingerprint density at radius 3 is 2.58 bits per heavy atom. The van der Waals surface area contributed by atoms with Crippen molar-refractivity contribution in [2.45, 2.75) is 6.61 Å². The zero-order valence-electron chi connectivity index (χ0n) is 9.59. The number of halogens is 4. The number of rotatable bonds is 3. The summed E-state index contributed by atoms with van der Waals surface area (Å²) in [6.45, 7) is 0.179. The molecule has 2 N–H and O–H groups in total. The van der Waals surface area contributed by atoms with Crippen molar-refractivity contribution in [1.82, 2.24) is 0 Å². The molecule has 2 nitrogen and oxygen atoms in total. The van der Waals surface area contributed by atoms with Crippen molar-refractivity contribution in [2.24, 2.45) is 0 Å². The second-order valence-electron chi connectivity index (χ2n) is 3.84. The molecule has 0 fully saturated rings. The highest BCUT2D eigenvalue weighted by atomic mass is 79.9. The lowest BCUT2D eigenvalue weighted by molar-refractivity contribution is 0.305. The molecule has 0 radical (unpaired) electrons. The molecule has 0 bridgehead atoms. The monoisotopic (exact) mass is 363 g/mol. The van der Waals surface area contributed by atoms with Crippen LogP contribution in [-0.2, 0) is 6.61 Å². The van der Waals surface area contributed by atoms with Crippen molar-refractivity contribution in [3.8, 4) is 5.75 Å². The first-order valence-electron chi connectivity index (χ1n) is 5.28. The summed E-state index contributed by atoms with van der Waals surface area (Å²) < 4.78 is 19.5. The summed E-state index contributed by atoms with van der Waals surface area (Å²) in [6.07, 6.45) is 0. The van der Waals surface area contributed by atoms with E-state index in [1.807, 2.05) is 0 Å². The van der Waals surface area contributed by atoms with Crippen LogP contribution in [0.2, 0.25) is 10.0 Å². The maximum atomic E-state index is 13.3. The highest BCUT2D eigenvalue weighted by Gasteiger charge is 2.09. The van der Waals surface area contributed by atoms with Crippen LogP contribution < -0.4 is 10.5 Å². The molecule has 6 heteroatoms. The fourth-order valence-corrected chi connectivity index (χ4v) is 2.58.